The summed E-state index contributed by atoms with van der Waals surface area (Å²) in [7, 11) is 3.42. The molecule has 0 radical (unpaired) electrons. The number of likely N-dealkylation sites (tertiary alicyclic amines) is 2. The predicted molar refractivity (Wildman–Crippen MR) is 105 cm³/mol. The fourth-order valence-electron chi connectivity index (χ4n) is 5.68. The molecule has 4 nitrogen and oxygen atoms in total. The molecule has 26 heavy (non-hydrogen) atoms. The van der Waals surface area contributed by atoms with Crippen LogP contribution in [0.5, 0.6) is 11.5 Å². The normalized spacial score (nSPS) is 30.2. The summed E-state index contributed by atoms with van der Waals surface area (Å²) in [5.74, 6) is 3.38. The van der Waals surface area contributed by atoms with Gasteiger partial charge in [-0.1, -0.05) is 18.9 Å². The Kier molecular flexibility index (Phi) is 5.70. The van der Waals surface area contributed by atoms with Crippen molar-refractivity contribution in [3.05, 3.63) is 23.8 Å². The molecule has 0 amide bonds. The molecule has 1 aromatic carbocycles. The van der Waals surface area contributed by atoms with Crippen LogP contribution in [-0.4, -0.2) is 56.2 Å². The van der Waals surface area contributed by atoms with Crippen molar-refractivity contribution in [2.24, 2.45) is 11.8 Å². The van der Waals surface area contributed by atoms with Gasteiger partial charge < -0.3 is 9.47 Å². The van der Waals surface area contributed by atoms with E-state index in [1.807, 2.05) is 6.07 Å². The number of hydrogen-bond donors (Lipinski definition) is 0. The molecule has 144 valence electrons. The number of nitrogens with zero attached hydrogens (tertiary/aromatic N) is 2. The highest BCUT2D eigenvalue weighted by Gasteiger charge is 2.42. The summed E-state index contributed by atoms with van der Waals surface area (Å²) in [6, 6.07) is 7.22. The van der Waals surface area contributed by atoms with Crippen molar-refractivity contribution >= 4 is 0 Å². The van der Waals surface area contributed by atoms with Gasteiger partial charge in [0.25, 0.3) is 0 Å². The SMILES string of the molecule is COc1ccc(CN2C[C@H]3CCC[C@@H](C2)C3N2CCCCC2)cc1OC. The molecule has 1 aromatic rings. The van der Waals surface area contributed by atoms with Crippen molar-refractivity contribution in [3.8, 4) is 11.5 Å². The molecule has 1 saturated carbocycles. The highest BCUT2D eigenvalue weighted by molar-refractivity contribution is 5.42. The van der Waals surface area contributed by atoms with Gasteiger partial charge in [0.1, 0.15) is 0 Å². The number of rotatable bonds is 5. The molecule has 1 unspecified atom stereocenters. The lowest BCUT2D eigenvalue weighted by molar-refractivity contribution is -0.0290. The third-order valence-corrected chi connectivity index (χ3v) is 6.77. The van der Waals surface area contributed by atoms with Crippen molar-refractivity contribution in [3.63, 3.8) is 0 Å². The smallest absolute Gasteiger partial charge is 0.161 e. The molecule has 2 bridgehead atoms. The number of benzene rings is 1. The molecule has 2 heterocycles. The fraction of sp³-hybridized carbons (Fsp3) is 0.727. The zero-order chi connectivity index (χ0) is 17.9. The molecule has 0 aromatic heterocycles. The molecule has 2 saturated heterocycles. The second-order valence-corrected chi connectivity index (χ2v) is 8.42. The van der Waals surface area contributed by atoms with Gasteiger partial charge in [0, 0.05) is 25.7 Å². The lowest BCUT2D eigenvalue weighted by Gasteiger charge is -2.52. The van der Waals surface area contributed by atoms with Gasteiger partial charge in [-0.2, -0.15) is 0 Å². The van der Waals surface area contributed by atoms with Crippen molar-refractivity contribution in [2.45, 2.75) is 51.1 Å². The third kappa shape index (κ3) is 3.72. The Morgan fingerprint density at radius 3 is 2.23 bits per heavy atom. The van der Waals surface area contributed by atoms with Crippen LogP contribution in [0.15, 0.2) is 18.2 Å². The van der Waals surface area contributed by atoms with E-state index < -0.39 is 0 Å². The minimum atomic E-state index is 0.817. The first-order valence-electron chi connectivity index (χ1n) is 10.5. The van der Waals surface area contributed by atoms with E-state index in [4.69, 9.17) is 9.47 Å². The first kappa shape index (κ1) is 18.1. The van der Waals surface area contributed by atoms with Crippen LogP contribution in [0.25, 0.3) is 0 Å². The summed E-state index contributed by atoms with van der Waals surface area (Å²) in [6.45, 7) is 6.22. The Balaban J connectivity index is 1.44. The Labute approximate surface area is 158 Å². The Hall–Kier alpha value is -1.26. The van der Waals surface area contributed by atoms with Crippen LogP contribution < -0.4 is 9.47 Å². The lowest BCUT2D eigenvalue weighted by Crippen LogP contribution is -2.58. The molecule has 0 N–H and O–H groups in total. The van der Waals surface area contributed by atoms with Crippen LogP contribution in [0.2, 0.25) is 0 Å². The number of hydrogen-bond acceptors (Lipinski definition) is 4. The maximum Gasteiger partial charge on any atom is 0.161 e. The van der Waals surface area contributed by atoms with Gasteiger partial charge in [-0.05, 0) is 68.3 Å². The van der Waals surface area contributed by atoms with Crippen LogP contribution in [0.4, 0.5) is 0 Å². The third-order valence-electron chi connectivity index (χ3n) is 6.77. The van der Waals surface area contributed by atoms with Crippen LogP contribution in [0, 0.1) is 11.8 Å². The predicted octanol–water partition coefficient (Wildman–Crippen LogP) is 3.79. The van der Waals surface area contributed by atoms with E-state index in [0.717, 1.165) is 35.9 Å². The number of fused-ring (bicyclic) bond motifs is 2. The Bertz CT molecular complexity index is 586. The van der Waals surface area contributed by atoms with Gasteiger partial charge in [0.2, 0.25) is 0 Å². The average Bonchev–Trinajstić information content (AvgIpc) is 2.68. The Morgan fingerprint density at radius 2 is 1.58 bits per heavy atom. The maximum atomic E-state index is 5.49. The minimum Gasteiger partial charge on any atom is -0.493 e. The first-order valence-corrected chi connectivity index (χ1v) is 10.5. The van der Waals surface area contributed by atoms with Gasteiger partial charge in [-0.25, -0.2) is 0 Å². The molecular formula is C22H34N2O2. The average molecular weight is 359 g/mol. The van der Waals surface area contributed by atoms with E-state index in [2.05, 4.69) is 21.9 Å². The zero-order valence-corrected chi connectivity index (χ0v) is 16.5. The van der Waals surface area contributed by atoms with Crippen molar-refractivity contribution in [2.75, 3.05) is 40.4 Å². The van der Waals surface area contributed by atoms with Crippen molar-refractivity contribution in [1.29, 1.82) is 0 Å². The van der Waals surface area contributed by atoms with Crippen LogP contribution in [0.1, 0.15) is 44.1 Å². The van der Waals surface area contributed by atoms with Gasteiger partial charge in [-0.3, -0.25) is 9.80 Å². The van der Waals surface area contributed by atoms with Gasteiger partial charge in [0.15, 0.2) is 11.5 Å². The molecule has 3 atom stereocenters. The summed E-state index contributed by atoms with van der Waals surface area (Å²) in [6.07, 6.45) is 8.52. The van der Waals surface area contributed by atoms with E-state index in [0.29, 0.717) is 0 Å². The molecule has 4 heteroatoms. The van der Waals surface area contributed by atoms with Crippen LogP contribution in [-0.2, 0) is 6.54 Å². The first-order chi connectivity index (χ1) is 12.8. The minimum absolute atomic E-state index is 0.817. The number of methoxy groups -OCH3 is 2. The molecule has 4 rings (SSSR count). The monoisotopic (exact) mass is 358 g/mol. The summed E-state index contributed by atoms with van der Waals surface area (Å²) < 4.78 is 10.9. The highest BCUT2D eigenvalue weighted by atomic mass is 16.5. The summed E-state index contributed by atoms with van der Waals surface area (Å²) in [5.41, 5.74) is 1.33. The van der Waals surface area contributed by atoms with Crippen molar-refractivity contribution < 1.29 is 9.47 Å². The fourth-order valence-corrected chi connectivity index (χ4v) is 5.68. The van der Waals surface area contributed by atoms with Crippen LogP contribution in [0.3, 0.4) is 0 Å². The van der Waals surface area contributed by atoms with E-state index >= 15 is 0 Å². The van der Waals surface area contributed by atoms with E-state index in [1.54, 1.807) is 14.2 Å². The standard InChI is InChI=1S/C22H34N2O2/c1-25-20-10-9-17(13-21(20)26-2)14-23-15-18-7-6-8-19(16-23)22(18)24-11-4-3-5-12-24/h9-10,13,18-19,22H,3-8,11-12,14-16H2,1-2H3/t18-,19+,22?. The summed E-state index contributed by atoms with van der Waals surface area (Å²) in [4.78, 5) is 5.54. The second-order valence-electron chi connectivity index (χ2n) is 8.42. The quantitative estimate of drug-likeness (QED) is 0.799. The summed E-state index contributed by atoms with van der Waals surface area (Å²) >= 11 is 0. The molecule has 3 aliphatic rings. The molecule has 0 spiro atoms. The van der Waals surface area contributed by atoms with E-state index in [-0.39, 0.29) is 0 Å². The van der Waals surface area contributed by atoms with E-state index in [1.165, 1.54) is 70.3 Å². The molecular weight excluding hydrogens is 324 g/mol. The highest BCUT2D eigenvalue weighted by Crippen LogP contribution is 2.39. The largest absolute Gasteiger partial charge is 0.493 e. The number of ether oxygens (including phenoxy) is 2. The van der Waals surface area contributed by atoms with Gasteiger partial charge in [0.05, 0.1) is 14.2 Å². The molecule has 1 aliphatic carbocycles. The maximum absolute atomic E-state index is 5.49. The van der Waals surface area contributed by atoms with Crippen molar-refractivity contribution in [1.82, 2.24) is 9.80 Å². The molecule has 3 fully saturated rings. The Morgan fingerprint density at radius 1 is 0.885 bits per heavy atom. The lowest BCUT2D eigenvalue weighted by atomic mass is 9.72. The van der Waals surface area contributed by atoms with Gasteiger partial charge in [-0.15, -0.1) is 0 Å². The topological polar surface area (TPSA) is 24.9 Å². The summed E-state index contributed by atoms with van der Waals surface area (Å²) in [5, 5.41) is 0. The van der Waals surface area contributed by atoms with Crippen LogP contribution >= 0.6 is 0 Å². The van der Waals surface area contributed by atoms with Gasteiger partial charge >= 0.3 is 0 Å². The number of piperidine rings is 2. The van der Waals surface area contributed by atoms with E-state index in [9.17, 15) is 0 Å². The second kappa shape index (κ2) is 8.18. The molecule has 2 aliphatic heterocycles. The zero-order valence-electron chi connectivity index (χ0n) is 16.5.